The molecule has 7 nitrogen and oxygen atoms in total. The van der Waals surface area contributed by atoms with E-state index in [0.29, 0.717) is 6.54 Å². The first-order valence-electron chi connectivity index (χ1n) is 10.5. The van der Waals surface area contributed by atoms with E-state index in [1.54, 1.807) is 12.0 Å². The number of methoxy groups -OCH3 is 1. The monoisotopic (exact) mass is 411 g/mol. The third kappa shape index (κ3) is 4.97. The summed E-state index contributed by atoms with van der Waals surface area (Å²) in [5, 5.41) is 0. The zero-order valence-corrected chi connectivity index (χ0v) is 17.3. The number of hydrogen-bond acceptors (Lipinski definition) is 6. The van der Waals surface area contributed by atoms with Crippen LogP contribution in [0.15, 0.2) is 48.5 Å². The molecule has 2 aromatic rings. The predicted molar refractivity (Wildman–Crippen MR) is 116 cm³/mol. The highest BCUT2D eigenvalue weighted by Gasteiger charge is 2.32. The number of nitrogen functional groups attached to an aromatic ring is 1. The third-order valence-corrected chi connectivity index (χ3v) is 5.74. The average molecular weight is 412 g/mol. The van der Waals surface area contributed by atoms with Gasteiger partial charge in [-0.25, -0.2) is 4.79 Å². The van der Waals surface area contributed by atoms with Gasteiger partial charge >= 0.3 is 6.09 Å². The first kappa shape index (κ1) is 20.3. The van der Waals surface area contributed by atoms with Gasteiger partial charge in [-0.2, -0.15) is 0 Å². The molecular formula is C23H29N3O4. The van der Waals surface area contributed by atoms with E-state index in [-0.39, 0.29) is 18.3 Å². The molecule has 2 aromatic carbocycles. The summed E-state index contributed by atoms with van der Waals surface area (Å²) in [7, 11) is 1.63. The van der Waals surface area contributed by atoms with Crippen LogP contribution < -0.4 is 20.1 Å². The molecule has 2 N–H and O–H groups in total. The first-order chi connectivity index (χ1) is 14.6. The lowest BCUT2D eigenvalue weighted by atomic mass is 10.1. The second-order valence-corrected chi connectivity index (χ2v) is 7.83. The van der Waals surface area contributed by atoms with Crippen molar-refractivity contribution in [2.75, 3.05) is 43.9 Å². The standard InChI is InChI=1S/C23H29N3O4/c1-28-19-8-4-18(5-9-19)26-16-22(30-23(26)27)12-15-25-13-10-21(11-14-25)29-20-6-2-17(24)3-7-20/h2-9,21-22H,10-16,24H2,1H3. The average Bonchev–Trinajstić information content (AvgIpc) is 3.15. The summed E-state index contributed by atoms with van der Waals surface area (Å²) in [6.07, 6.45) is 2.70. The number of carbonyl (C=O) groups is 1. The number of amides is 1. The molecule has 0 aromatic heterocycles. The van der Waals surface area contributed by atoms with Gasteiger partial charge in [-0.15, -0.1) is 0 Å². The Morgan fingerprint density at radius 2 is 1.70 bits per heavy atom. The van der Waals surface area contributed by atoms with E-state index in [4.69, 9.17) is 19.9 Å². The van der Waals surface area contributed by atoms with Crippen LogP contribution in [0.5, 0.6) is 11.5 Å². The van der Waals surface area contributed by atoms with Crippen LogP contribution in [0.4, 0.5) is 16.2 Å². The van der Waals surface area contributed by atoms with Crippen LogP contribution in [-0.4, -0.2) is 56.5 Å². The van der Waals surface area contributed by atoms with Crippen LogP contribution in [0.3, 0.4) is 0 Å². The zero-order chi connectivity index (χ0) is 20.9. The van der Waals surface area contributed by atoms with Gasteiger partial charge in [-0.3, -0.25) is 4.90 Å². The molecule has 1 atom stereocenters. The minimum Gasteiger partial charge on any atom is -0.497 e. The Hall–Kier alpha value is -2.93. The van der Waals surface area contributed by atoms with Crippen molar-refractivity contribution in [3.05, 3.63) is 48.5 Å². The maximum absolute atomic E-state index is 12.3. The molecule has 30 heavy (non-hydrogen) atoms. The van der Waals surface area contributed by atoms with Gasteiger partial charge in [0.15, 0.2) is 0 Å². The molecule has 2 fully saturated rings. The van der Waals surface area contributed by atoms with Crippen LogP contribution in [0, 0.1) is 0 Å². The van der Waals surface area contributed by atoms with Gasteiger partial charge in [0.25, 0.3) is 0 Å². The Bertz CT molecular complexity index is 833. The Labute approximate surface area is 177 Å². The number of nitrogens with zero attached hydrogens (tertiary/aromatic N) is 2. The number of carbonyl (C=O) groups excluding carboxylic acids is 1. The van der Waals surface area contributed by atoms with Crippen LogP contribution in [0.1, 0.15) is 19.3 Å². The second kappa shape index (κ2) is 9.26. The van der Waals surface area contributed by atoms with Gasteiger partial charge in [-0.1, -0.05) is 0 Å². The topological polar surface area (TPSA) is 77.3 Å². The maximum atomic E-state index is 12.3. The molecule has 0 aliphatic carbocycles. The van der Waals surface area contributed by atoms with Crippen molar-refractivity contribution in [3.8, 4) is 11.5 Å². The van der Waals surface area contributed by atoms with Crippen LogP contribution >= 0.6 is 0 Å². The van der Waals surface area contributed by atoms with Crippen LogP contribution in [0.2, 0.25) is 0 Å². The number of anilines is 2. The molecule has 0 radical (unpaired) electrons. The predicted octanol–water partition coefficient (Wildman–Crippen LogP) is 3.54. The highest BCUT2D eigenvalue weighted by atomic mass is 16.6. The van der Waals surface area contributed by atoms with E-state index < -0.39 is 0 Å². The summed E-state index contributed by atoms with van der Waals surface area (Å²) in [6.45, 7) is 3.48. The fourth-order valence-corrected chi connectivity index (χ4v) is 3.96. The highest BCUT2D eigenvalue weighted by molar-refractivity contribution is 5.89. The van der Waals surface area contributed by atoms with E-state index in [0.717, 1.165) is 61.8 Å². The van der Waals surface area contributed by atoms with Crippen molar-refractivity contribution in [2.45, 2.75) is 31.5 Å². The van der Waals surface area contributed by atoms with Crippen molar-refractivity contribution in [1.29, 1.82) is 0 Å². The quantitative estimate of drug-likeness (QED) is 0.703. The van der Waals surface area contributed by atoms with Crippen LogP contribution in [-0.2, 0) is 4.74 Å². The number of rotatable bonds is 7. The summed E-state index contributed by atoms with van der Waals surface area (Å²) < 4.78 is 16.8. The van der Waals surface area contributed by atoms with E-state index >= 15 is 0 Å². The number of nitrogens with two attached hydrogens (primary N) is 1. The molecule has 1 amide bonds. The maximum Gasteiger partial charge on any atom is 0.414 e. The normalized spacial score (nSPS) is 20.2. The lowest BCUT2D eigenvalue weighted by molar-refractivity contribution is 0.0860. The van der Waals surface area contributed by atoms with E-state index in [1.807, 2.05) is 48.5 Å². The molecule has 0 spiro atoms. The summed E-state index contributed by atoms with van der Waals surface area (Å²) >= 11 is 0. The number of benzene rings is 2. The molecular weight excluding hydrogens is 382 g/mol. The fraction of sp³-hybridized carbons (Fsp3) is 0.435. The smallest absolute Gasteiger partial charge is 0.414 e. The molecule has 2 heterocycles. The number of likely N-dealkylation sites (tertiary alicyclic amines) is 1. The Morgan fingerprint density at radius 1 is 1.03 bits per heavy atom. The highest BCUT2D eigenvalue weighted by Crippen LogP contribution is 2.26. The minimum absolute atomic E-state index is 0.0802. The van der Waals surface area contributed by atoms with Crippen molar-refractivity contribution >= 4 is 17.5 Å². The van der Waals surface area contributed by atoms with Gasteiger partial charge in [0.05, 0.1) is 13.7 Å². The van der Waals surface area contributed by atoms with Gasteiger partial charge < -0.3 is 24.8 Å². The van der Waals surface area contributed by atoms with E-state index in [9.17, 15) is 4.79 Å². The van der Waals surface area contributed by atoms with Gasteiger partial charge in [0.1, 0.15) is 23.7 Å². The van der Waals surface area contributed by atoms with Crippen molar-refractivity contribution in [1.82, 2.24) is 4.90 Å². The minimum atomic E-state index is -0.277. The summed E-state index contributed by atoms with van der Waals surface area (Å²) in [6, 6.07) is 15.0. The number of ether oxygens (including phenoxy) is 3. The zero-order valence-electron chi connectivity index (χ0n) is 17.3. The van der Waals surface area contributed by atoms with Crippen molar-refractivity contribution < 1.29 is 19.0 Å². The van der Waals surface area contributed by atoms with Crippen molar-refractivity contribution in [3.63, 3.8) is 0 Å². The number of piperidine rings is 1. The first-order valence-corrected chi connectivity index (χ1v) is 10.5. The molecule has 1 unspecified atom stereocenters. The van der Waals surface area contributed by atoms with Gasteiger partial charge in [0.2, 0.25) is 0 Å². The van der Waals surface area contributed by atoms with Gasteiger partial charge in [-0.05, 0) is 67.8 Å². The fourth-order valence-electron chi connectivity index (χ4n) is 3.96. The molecule has 4 rings (SSSR count). The molecule has 0 saturated carbocycles. The molecule has 2 aliphatic rings. The Kier molecular flexibility index (Phi) is 6.28. The molecule has 7 heteroatoms. The summed E-state index contributed by atoms with van der Waals surface area (Å²) in [5.41, 5.74) is 7.31. The Balaban J connectivity index is 1.20. The third-order valence-electron chi connectivity index (χ3n) is 5.74. The largest absolute Gasteiger partial charge is 0.497 e. The Morgan fingerprint density at radius 3 is 2.37 bits per heavy atom. The molecule has 0 bridgehead atoms. The van der Waals surface area contributed by atoms with Crippen molar-refractivity contribution in [2.24, 2.45) is 0 Å². The molecule has 160 valence electrons. The van der Waals surface area contributed by atoms with E-state index in [2.05, 4.69) is 4.90 Å². The van der Waals surface area contributed by atoms with E-state index in [1.165, 1.54) is 0 Å². The SMILES string of the molecule is COc1ccc(N2CC(CCN3CCC(Oc4ccc(N)cc4)CC3)OC2=O)cc1. The van der Waals surface area contributed by atoms with Crippen LogP contribution in [0.25, 0.3) is 0 Å². The summed E-state index contributed by atoms with van der Waals surface area (Å²) in [5.74, 6) is 1.64. The molecule has 2 saturated heterocycles. The van der Waals surface area contributed by atoms with Gasteiger partial charge in [0, 0.05) is 31.0 Å². The second-order valence-electron chi connectivity index (χ2n) is 7.83. The lowest BCUT2D eigenvalue weighted by Gasteiger charge is -2.32. The number of hydrogen-bond donors (Lipinski definition) is 1. The number of cyclic esters (lactones) is 1. The lowest BCUT2D eigenvalue weighted by Crippen LogP contribution is -2.39. The molecule has 2 aliphatic heterocycles. The summed E-state index contributed by atoms with van der Waals surface area (Å²) in [4.78, 5) is 16.4.